The molecule has 2 nitrogen and oxygen atoms in total. The van der Waals surface area contributed by atoms with E-state index in [1.165, 1.54) is 12.1 Å². The zero-order valence-corrected chi connectivity index (χ0v) is 19.0. The molecule has 1 unspecified atom stereocenters. The van der Waals surface area contributed by atoms with Crippen molar-refractivity contribution < 1.29 is 22.6 Å². The van der Waals surface area contributed by atoms with E-state index in [1.54, 1.807) is 12.1 Å². The number of hydrogen-bond acceptors (Lipinski definition) is 2. The van der Waals surface area contributed by atoms with E-state index in [9.17, 15) is 13.2 Å². The summed E-state index contributed by atoms with van der Waals surface area (Å²) in [7, 11) is 0. The molecule has 0 saturated heterocycles. The zero-order valence-electron chi connectivity index (χ0n) is 19.0. The largest absolute Gasteiger partial charge is 0.488 e. The van der Waals surface area contributed by atoms with Crippen LogP contribution in [0, 0.1) is 0 Å². The van der Waals surface area contributed by atoms with E-state index in [0.29, 0.717) is 24.5 Å². The first kappa shape index (κ1) is 23.7. The average molecular weight is 465 g/mol. The van der Waals surface area contributed by atoms with Crippen LogP contribution in [-0.2, 0) is 12.8 Å². The van der Waals surface area contributed by atoms with Crippen molar-refractivity contribution >= 4 is 10.8 Å². The van der Waals surface area contributed by atoms with Gasteiger partial charge in [0.25, 0.3) is 0 Å². The van der Waals surface area contributed by atoms with Crippen LogP contribution < -0.4 is 9.47 Å². The van der Waals surface area contributed by atoms with Crippen molar-refractivity contribution in [3.8, 4) is 11.5 Å². The minimum Gasteiger partial charge on any atom is -0.488 e. The molecule has 176 valence electrons. The van der Waals surface area contributed by atoms with Crippen LogP contribution in [0.5, 0.6) is 11.5 Å². The molecule has 0 bridgehead atoms. The Labute approximate surface area is 198 Å². The van der Waals surface area contributed by atoms with E-state index in [2.05, 4.69) is 0 Å². The van der Waals surface area contributed by atoms with Crippen LogP contribution in [0.2, 0.25) is 0 Å². The Morgan fingerprint density at radius 3 is 2.09 bits per heavy atom. The Balaban J connectivity index is 1.67. The summed E-state index contributed by atoms with van der Waals surface area (Å²) in [6.45, 7) is 2.43. The van der Waals surface area contributed by atoms with Gasteiger partial charge in [0, 0.05) is 16.3 Å². The Hall–Kier alpha value is -3.47. The smallest absolute Gasteiger partial charge is 0.416 e. The molecule has 0 aromatic heterocycles. The molecule has 4 aromatic rings. The first-order chi connectivity index (χ1) is 16.5. The van der Waals surface area contributed by atoms with Crippen LogP contribution in [0.3, 0.4) is 0 Å². The second-order valence-electron chi connectivity index (χ2n) is 8.22. The van der Waals surface area contributed by atoms with Crippen LogP contribution >= 0.6 is 0 Å². The maximum absolute atomic E-state index is 13.7. The highest BCUT2D eigenvalue weighted by Crippen LogP contribution is 2.40. The fraction of sp³-hybridized carbons (Fsp3) is 0.241. The molecule has 4 aromatic carbocycles. The van der Waals surface area contributed by atoms with Gasteiger partial charge in [-0.3, -0.25) is 0 Å². The minimum absolute atomic E-state index is 0.164. The van der Waals surface area contributed by atoms with Gasteiger partial charge in [-0.05, 0) is 36.6 Å². The van der Waals surface area contributed by atoms with Crippen LogP contribution in [0.25, 0.3) is 10.8 Å². The number of alkyl halides is 3. The fourth-order valence-corrected chi connectivity index (χ4v) is 4.07. The number of unbranched alkanes of at least 4 members (excludes halogenated alkanes) is 1. The number of ether oxygens (including phenoxy) is 2. The molecule has 0 radical (unpaired) electrons. The number of halogens is 3. The maximum atomic E-state index is 13.7. The highest BCUT2D eigenvalue weighted by atomic mass is 19.4. The lowest BCUT2D eigenvalue weighted by Gasteiger charge is -2.24. The quantitative estimate of drug-likeness (QED) is 0.246. The van der Waals surface area contributed by atoms with Gasteiger partial charge >= 0.3 is 6.18 Å². The molecule has 1 atom stereocenters. The average Bonchev–Trinajstić information content (AvgIpc) is 2.85. The summed E-state index contributed by atoms with van der Waals surface area (Å²) in [5.41, 5.74) is 0.565. The predicted molar refractivity (Wildman–Crippen MR) is 129 cm³/mol. The number of hydrogen-bond donors (Lipinski definition) is 0. The lowest BCUT2D eigenvalue weighted by atomic mass is 9.97. The van der Waals surface area contributed by atoms with Gasteiger partial charge < -0.3 is 9.47 Å². The lowest BCUT2D eigenvalue weighted by molar-refractivity contribution is -0.139. The van der Waals surface area contributed by atoms with Crippen molar-refractivity contribution in [2.24, 2.45) is 0 Å². The molecule has 5 heteroatoms. The third-order valence-electron chi connectivity index (χ3n) is 5.78. The second-order valence-corrected chi connectivity index (χ2v) is 8.22. The zero-order chi connectivity index (χ0) is 24.0. The van der Waals surface area contributed by atoms with Crippen LogP contribution in [-0.4, -0.2) is 0 Å². The lowest BCUT2D eigenvalue weighted by Crippen LogP contribution is -2.16. The monoisotopic (exact) mass is 464 g/mol. The first-order valence-electron chi connectivity index (χ1n) is 11.5. The maximum Gasteiger partial charge on any atom is 0.416 e. The summed E-state index contributed by atoms with van der Waals surface area (Å²) in [6, 6.07) is 26.8. The van der Waals surface area contributed by atoms with E-state index < -0.39 is 17.8 Å². The molecule has 0 aliphatic heterocycles. The van der Waals surface area contributed by atoms with Gasteiger partial charge in [0.2, 0.25) is 0 Å². The summed E-state index contributed by atoms with van der Waals surface area (Å²) in [6.07, 6.45) is -3.04. The molecule has 0 fully saturated rings. The molecule has 4 rings (SSSR count). The van der Waals surface area contributed by atoms with Crippen molar-refractivity contribution in [1.82, 2.24) is 0 Å². The molecular formula is C29H27F3O2. The van der Waals surface area contributed by atoms with Gasteiger partial charge in [-0.25, -0.2) is 0 Å². The predicted octanol–water partition coefficient (Wildman–Crippen LogP) is 8.75. The van der Waals surface area contributed by atoms with Gasteiger partial charge in [-0.15, -0.1) is 0 Å². The summed E-state index contributed by atoms with van der Waals surface area (Å²) in [5.74, 6) is 1.24. The molecular weight excluding hydrogens is 437 g/mol. The van der Waals surface area contributed by atoms with Gasteiger partial charge in [-0.2, -0.15) is 13.2 Å². The highest BCUT2D eigenvalue weighted by Gasteiger charge is 2.35. The molecule has 0 amide bonds. The third-order valence-corrected chi connectivity index (χ3v) is 5.78. The third kappa shape index (κ3) is 5.53. The Kier molecular flexibility index (Phi) is 7.41. The van der Waals surface area contributed by atoms with E-state index in [0.717, 1.165) is 35.2 Å². The van der Waals surface area contributed by atoms with Crippen LogP contribution in [0.15, 0.2) is 91.0 Å². The molecule has 34 heavy (non-hydrogen) atoms. The molecule has 0 spiro atoms. The van der Waals surface area contributed by atoms with E-state index >= 15 is 0 Å². The molecule has 0 saturated carbocycles. The van der Waals surface area contributed by atoms with Gasteiger partial charge in [0.1, 0.15) is 24.2 Å². The summed E-state index contributed by atoms with van der Waals surface area (Å²) in [5, 5.41) is 1.66. The topological polar surface area (TPSA) is 18.5 Å². The number of rotatable bonds is 9. The van der Waals surface area contributed by atoms with Crippen LogP contribution in [0.1, 0.15) is 49.0 Å². The Morgan fingerprint density at radius 1 is 0.735 bits per heavy atom. The first-order valence-corrected chi connectivity index (χ1v) is 11.5. The molecule has 0 aliphatic rings. The number of fused-ring (bicyclic) bond motifs is 1. The standard InChI is InChI=1S/C29H27F3O2/c1-2-3-17-28(24-13-7-8-16-25(24)29(30,31)32)34-27-19-10-14-22-23(27)15-9-18-26(22)33-20-21-11-5-4-6-12-21/h4-16,18-19,28H,2-3,17,20H2,1H3. The van der Waals surface area contributed by atoms with E-state index in [-0.39, 0.29) is 5.56 Å². The molecule has 0 heterocycles. The van der Waals surface area contributed by atoms with Gasteiger partial charge in [-0.1, -0.05) is 86.1 Å². The summed E-state index contributed by atoms with van der Waals surface area (Å²) < 4.78 is 53.6. The van der Waals surface area contributed by atoms with Crippen molar-refractivity contribution in [2.75, 3.05) is 0 Å². The highest BCUT2D eigenvalue weighted by molar-refractivity contribution is 5.93. The number of benzene rings is 4. The fourth-order valence-electron chi connectivity index (χ4n) is 4.07. The Bertz CT molecular complexity index is 1220. The SMILES string of the molecule is CCCCC(Oc1cccc2c(OCc3ccccc3)cccc12)c1ccccc1C(F)(F)F. The normalized spacial score (nSPS) is 12.5. The summed E-state index contributed by atoms with van der Waals surface area (Å²) >= 11 is 0. The summed E-state index contributed by atoms with van der Waals surface area (Å²) in [4.78, 5) is 0. The van der Waals surface area contributed by atoms with Crippen molar-refractivity contribution in [3.63, 3.8) is 0 Å². The van der Waals surface area contributed by atoms with Crippen molar-refractivity contribution in [3.05, 3.63) is 108 Å². The van der Waals surface area contributed by atoms with Crippen LogP contribution in [0.4, 0.5) is 13.2 Å². The van der Waals surface area contributed by atoms with E-state index in [4.69, 9.17) is 9.47 Å². The van der Waals surface area contributed by atoms with Crippen molar-refractivity contribution in [1.29, 1.82) is 0 Å². The van der Waals surface area contributed by atoms with Gasteiger partial charge in [0.15, 0.2) is 0 Å². The van der Waals surface area contributed by atoms with E-state index in [1.807, 2.05) is 67.6 Å². The second kappa shape index (κ2) is 10.6. The van der Waals surface area contributed by atoms with Crippen molar-refractivity contribution in [2.45, 2.75) is 45.1 Å². The van der Waals surface area contributed by atoms with Gasteiger partial charge in [0.05, 0.1) is 5.56 Å². The minimum atomic E-state index is -4.44. The molecule has 0 N–H and O–H groups in total. The molecule has 0 aliphatic carbocycles. The Morgan fingerprint density at radius 2 is 1.38 bits per heavy atom.